The van der Waals surface area contributed by atoms with Crippen molar-refractivity contribution in [3.63, 3.8) is 0 Å². The van der Waals surface area contributed by atoms with Crippen molar-refractivity contribution in [2.24, 2.45) is 0 Å². The van der Waals surface area contributed by atoms with Gasteiger partial charge >= 0.3 is 39.0 Å². The summed E-state index contributed by atoms with van der Waals surface area (Å²) in [6, 6.07) is 0. The summed E-state index contributed by atoms with van der Waals surface area (Å²) < 4.78 is 24.3. The SMILES string of the molecule is CC[As](O)(O)O. The zero-order valence-corrected chi connectivity index (χ0v) is 5.37. The van der Waals surface area contributed by atoms with E-state index in [1.807, 2.05) is 0 Å². The zero-order valence-electron chi connectivity index (χ0n) is 3.50. The van der Waals surface area contributed by atoms with E-state index in [4.69, 9.17) is 12.3 Å². The molecule has 6 heavy (non-hydrogen) atoms. The summed E-state index contributed by atoms with van der Waals surface area (Å²) in [5.74, 6) is 0. The molecule has 4 heteroatoms. The van der Waals surface area contributed by atoms with Gasteiger partial charge in [0, 0.05) is 0 Å². The Morgan fingerprint density at radius 1 is 1.33 bits per heavy atom. The van der Waals surface area contributed by atoms with E-state index in [0.717, 1.165) is 0 Å². The van der Waals surface area contributed by atoms with E-state index in [2.05, 4.69) is 0 Å². The molecule has 0 saturated carbocycles. The van der Waals surface area contributed by atoms with Crippen LogP contribution in [0, 0.1) is 0 Å². The third kappa shape index (κ3) is 4.44. The third-order valence-corrected chi connectivity index (χ3v) is 2.20. The Kier molecular flexibility index (Phi) is 2.08. The first-order valence-electron chi connectivity index (χ1n) is 1.62. The summed E-state index contributed by atoms with van der Waals surface area (Å²) in [6.07, 6.45) is 0. The molecule has 0 unspecified atom stereocenters. The monoisotopic (exact) mass is 155 g/mol. The van der Waals surface area contributed by atoms with Crippen LogP contribution in [0.1, 0.15) is 6.92 Å². The van der Waals surface area contributed by atoms with Crippen LogP contribution in [0.4, 0.5) is 0 Å². The van der Waals surface area contributed by atoms with Crippen molar-refractivity contribution in [1.82, 2.24) is 0 Å². The summed E-state index contributed by atoms with van der Waals surface area (Å²) in [7, 11) is 0. The Hall–Kier alpha value is 0.438. The van der Waals surface area contributed by atoms with Gasteiger partial charge in [-0.15, -0.1) is 0 Å². The molecule has 0 fully saturated rings. The molecule has 0 aromatic carbocycles. The second kappa shape index (κ2) is 1.94. The molecule has 0 spiro atoms. The van der Waals surface area contributed by atoms with Crippen LogP contribution in [-0.2, 0) is 0 Å². The molecule has 39 valence electrons. The second-order valence-corrected chi connectivity index (χ2v) is 5.24. The third-order valence-electron chi connectivity index (χ3n) is 0.424. The van der Waals surface area contributed by atoms with Gasteiger partial charge in [-0.2, -0.15) is 0 Å². The molecule has 0 atom stereocenters. The van der Waals surface area contributed by atoms with Gasteiger partial charge < -0.3 is 0 Å². The molecule has 0 aliphatic heterocycles. The molecular weight excluding hydrogens is 147 g/mol. The average molecular weight is 155 g/mol. The number of rotatable bonds is 1. The molecule has 0 aromatic rings. The van der Waals surface area contributed by atoms with Crippen molar-refractivity contribution in [2.75, 3.05) is 0 Å². The van der Waals surface area contributed by atoms with Crippen LogP contribution in [0.5, 0.6) is 0 Å². The van der Waals surface area contributed by atoms with E-state index in [1.54, 1.807) is 0 Å². The molecule has 0 amide bonds. The van der Waals surface area contributed by atoms with Gasteiger partial charge in [0.25, 0.3) is 0 Å². The summed E-state index contributed by atoms with van der Waals surface area (Å²) >= 11 is -3.91. The van der Waals surface area contributed by atoms with Crippen molar-refractivity contribution in [1.29, 1.82) is 0 Å². The average Bonchev–Trinajstić information content (AvgIpc) is 1.35. The Balaban J connectivity index is 3.17. The summed E-state index contributed by atoms with van der Waals surface area (Å²) in [5, 5.41) is 0.109. The fourth-order valence-electron chi connectivity index (χ4n) is 0. The van der Waals surface area contributed by atoms with E-state index in [9.17, 15) is 0 Å². The molecule has 0 bridgehead atoms. The van der Waals surface area contributed by atoms with Gasteiger partial charge in [-0.3, -0.25) is 0 Å². The summed E-state index contributed by atoms with van der Waals surface area (Å²) in [6.45, 7) is 1.53. The zero-order chi connectivity index (χ0) is 5.21. The van der Waals surface area contributed by atoms with E-state index in [0.29, 0.717) is 0 Å². The Labute approximate surface area is 39.7 Å². The molecule has 0 saturated heterocycles. The van der Waals surface area contributed by atoms with Crippen LogP contribution >= 0.6 is 0 Å². The minimum atomic E-state index is -3.91. The molecule has 3 N–H and O–H groups in total. The molecular formula is C2H8AsO3. The fraction of sp³-hybridized carbons (Fsp3) is 1.00. The number of hydrogen-bond acceptors (Lipinski definition) is 3. The van der Waals surface area contributed by atoms with Crippen molar-refractivity contribution < 1.29 is 12.3 Å². The topological polar surface area (TPSA) is 60.7 Å². The fourth-order valence-corrected chi connectivity index (χ4v) is 0. The molecule has 0 aromatic heterocycles. The predicted molar refractivity (Wildman–Crippen MR) is 22.9 cm³/mol. The van der Waals surface area contributed by atoms with Crippen molar-refractivity contribution >= 4 is 14.6 Å². The van der Waals surface area contributed by atoms with Gasteiger partial charge in [-0.25, -0.2) is 0 Å². The quantitative estimate of drug-likeness (QED) is 0.422. The van der Waals surface area contributed by atoms with E-state index in [1.165, 1.54) is 6.92 Å². The first-order chi connectivity index (χ1) is 2.56. The van der Waals surface area contributed by atoms with Crippen LogP contribution in [-0.4, -0.2) is 26.9 Å². The maximum absolute atomic E-state index is 8.11. The molecule has 0 rings (SSSR count). The first kappa shape index (κ1) is 6.44. The Morgan fingerprint density at radius 2 is 1.50 bits per heavy atom. The van der Waals surface area contributed by atoms with Gasteiger partial charge in [-0.1, -0.05) is 0 Å². The Morgan fingerprint density at radius 3 is 1.50 bits per heavy atom. The molecule has 1 radical (unpaired) electrons. The summed E-state index contributed by atoms with van der Waals surface area (Å²) in [4.78, 5) is 0. The van der Waals surface area contributed by atoms with Crippen molar-refractivity contribution in [3.05, 3.63) is 0 Å². The van der Waals surface area contributed by atoms with Crippen LogP contribution in [0.3, 0.4) is 0 Å². The van der Waals surface area contributed by atoms with Gasteiger partial charge in [0.05, 0.1) is 0 Å². The molecule has 0 heterocycles. The predicted octanol–water partition coefficient (Wildman–Crippen LogP) is -1.08. The minimum absolute atomic E-state index is 0.109. The van der Waals surface area contributed by atoms with Crippen LogP contribution < -0.4 is 0 Å². The van der Waals surface area contributed by atoms with Gasteiger partial charge in [-0.05, 0) is 0 Å². The van der Waals surface area contributed by atoms with Gasteiger partial charge in [0.1, 0.15) is 0 Å². The second-order valence-electron chi connectivity index (χ2n) is 1.01. The van der Waals surface area contributed by atoms with Crippen molar-refractivity contribution in [2.45, 2.75) is 12.1 Å². The first-order valence-corrected chi connectivity index (χ1v) is 5.47. The van der Waals surface area contributed by atoms with Crippen LogP contribution in [0.2, 0.25) is 5.21 Å². The maximum atomic E-state index is 8.11. The molecule has 0 aliphatic carbocycles. The van der Waals surface area contributed by atoms with Gasteiger partial charge in [0.15, 0.2) is 0 Å². The van der Waals surface area contributed by atoms with Crippen LogP contribution in [0.15, 0.2) is 0 Å². The van der Waals surface area contributed by atoms with Crippen LogP contribution in [0.25, 0.3) is 0 Å². The van der Waals surface area contributed by atoms with E-state index < -0.39 is 14.6 Å². The van der Waals surface area contributed by atoms with E-state index in [-0.39, 0.29) is 5.21 Å². The molecule has 0 aliphatic rings. The summed E-state index contributed by atoms with van der Waals surface area (Å²) in [5.41, 5.74) is 0. The van der Waals surface area contributed by atoms with E-state index >= 15 is 0 Å². The Bertz CT molecular complexity index is 38.5. The standard InChI is InChI=1S/C2H8AsO3/c1-2-3(4,5)6/h4-6H,2H2,1H3. The van der Waals surface area contributed by atoms with Gasteiger partial charge in [0.2, 0.25) is 0 Å². The molecule has 3 nitrogen and oxygen atoms in total. The number of hydrogen-bond donors (Lipinski definition) is 3. The normalized spacial score (nSPS) is 12.0. The van der Waals surface area contributed by atoms with Crippen molar-refractivity contribution in [3.8, 4) is 0 Å².